The Morgan fingerprint density at radius 2 is 2.05 bits per heavy atom. The number of hydrogen-bond acceptors (Lipinski definition) is 3. The van der Waals surface area contributed by atoms with Gasteiger partial charge in [0.15, 0.2) is 0 Å². The van der Waals surface area contributed by atoms with Crippen molar-refractivity contribution in [2.24, 2.45) is 0 Å². The van der Waals surface area contributed by atoms with E-state index in [0.717, 1.165) is 29.7 Å². The monoisotopic (exact) mass is 281 g/mol. The maximum absolute atomic E-state index is 10.8. The van der Waals surface area contributed by atoms with Crippen LogP contribution in [0.1, 0.15) is 36.8 Å². The van der Waals surface area contributed by atoms with E-state index in [2.05, 4.69) is 6.08 Å². The SMILES string of the molecule is Nc1ccc(CCS(=O)(=O)O)cc1C1=CCCCC1. The van der Waals surface area contributed by atoms with Gasteiger partial charge in [0.2, 0.25) is 0 Å². The largest absolute Gasteiger partial charge is 0.398 e. The Bertz CT molecular complexity index is 591. The van der Waals surface area contributed by atoms with Crippen LogP contribution >= 0.6 is 0 Å². The second kappa shape index (κ2) is 5.75. The molecule has 0 saturated carbocycles. The molecule has 1 aliphatic carbocycles. The molecule has 2 rings (SSSR count). The van der Waals surface area contributed by atoms with Crippen molar-refractivity contribution in [3.05, 3.63) is 35.4 Å². The Balaban J connectivity index is 2.22. The molecule has 0 radical (unpaired) electrons. The molecule has 0 saturated heterocycles. The average Bonchev–Trinajstić information content (AvgIpc) is 2.38. The highest BCUT2D eigenvalue weighted by molar-refractivity contribution is 7.85. The van der Waals surface area contributed by atoms with Crippen LogP contribution in [0.25, 0.3) is 5.57 Å². The van der Waals surface area contributed by atoms with Crippen LogP contribution in [0.3, 0.4) is 0 Å². The Morgan fingerprint density at radius 1 is 1.26 bits per heavy atom. The van der Waals surface area contributed by atoms with Crippen molar-refractivity contribution < 1.29 is 13.0 Å². The van der Waals surface area contributed by atoms with E-state index in [-0.39, 0.29) is 5.75 Å². The van der Waals surface area contributed by atoms with Crippen molar-refractivity contribution in [2.45, 2.75) is 32.1 Å². The predicted octanol–water partition coefficient (Wildman–Crippen LogP) is 2.66. The summed E-state index contributed by atoms with van der Waals surface area (Å²) in [6.45, 7) is 0. The zero-order valence-corrected chi connectivity index (χ0v) is 11.6. The Kier molecular flexibility index (Phi) is 4.27. The van der Waals surface area contributed by atoms with Crippen molar-refractivity contribution in [3.8, 4) is 0 Å². The molecule has 4 nitrogen and oxygen atoms in total. The molecule has 0 spiro atoms. The van der Waals surface area contributed by atoms with Crippen molar-refractivity contribution in [2.75, 3.05) is 11.5 Å². The summed E-state index contributed by atoms with van der Waals surface area (Å²) < 4.78 is 30.3. The van der Waals surface area contributed by atoms with Gasteiger partial charge in [-0.2, -0.15) is 8.42 Å². The third-order valence-electron chi connectivity index (χ3n) is 3.40. The summed E-state index contributed by atoms with van der Waals surface area (Å²) in [5, 5.41) is 0. The van der Waals surface area contributed by atoms with Gasteiger partial charge in [0.05, 0.1) is 5.75 Å². The van der Waals surface area contributed by atoms with Crippen LogP contribution < -0.4 is 5.73 Å². The van der Waals surface area contributed by atoms with Crippen LogP contribution in [0.15, 0.2) is 24.3 Å². The summed E-state index contributed by atoms with van der Waals surface area (Å²) in [6, 6.07) is 5.56. The molecule has 5 heteroatoms. The van der Waals surface area contributed by atoms with Gasteiger partial charge in [-0.15, -0.1) is 0 Å². The molecule has 3 N–H and O–H groups in total. The molecule has 1 aliphatic rings. The number of nitrogen functional groups attached to an aromatic ring is 1. The molecule has 1 aromatic rings. The lowest BCUT2D eigenvalue weighted by molar-refractivity contribution is 0.482. The summed E-state index contributed by atoms with van der Waals surface area (Å²) in [5.74, 6) is -0.255. The molecule has 0 bridgehead atoms. The highest BCUT2D eigenvalue weighted by Gasteiger charge is 2.11. The van der Waals surface area contributed by atoms with Crippen LogP contribution in [0.2, 0.25) is 0 Å². The van der Waals surface area contributed by atoms with Crippen molar-refractivity contribution >= 4 is 21.4 Å². The normalized spacial score (nSPS) is 16.2. The second-order valence-electron chi connectivity index (χ2n) is 4.93. The molecule has 0 atom stereocenters. The zero-order chi connectivity index (χ0) is 13.9. The lowest BCUT2D eigenvalue weighted by Crippen LogP contribution is -2.07. The quantitative estimate of drug-likeness (QED) is 0.656. The van der Waals surface area contributed by atoms with Crippen LogP contribution in [0, 0.1) is 0 Å². The van der Waals surface area contributed by atoms with Gasteiger partial charge in [-0.05, 0) is 55.4 Å². The standard InChI is InChI=1S/C14H19NO3S/c15-14-7-6-11(8-9-19(16,17)18)10-13(14)12-4-2-1-3-5-12/h4,6-7,10H,1-3,5,8-9,15H2,(H,16,17,18). The van der Waals surface area contributed by atoms with E-state index in [4.69, 9.17) is 10.3 Å². The lowest BCUT2D eigenvalue weighted by atomic mass is 9.91. The van der Waals surface area contributed by atoms with Gasteiger partial charge < -0.3 is 5.73 Å². The highest BCUT2D eigenvalue weighted by atomic mass is 32.2. The third-order valence-corrected chi connectivity index (χ3v) is 4.12. The highest BCUT2D eigenvalue weighted by Crippen LogP contribution is 2.31. The number of allylic oxidation sites excluding steroid dienone is 2. The fourth-order valence-electron chi connectivity index (χ4n) is 2.37. The van der Waals surface area contributed by atoms with E-state index in [1.807, 2.05) is 18.2 Å². The molecule has 0 fully saturated rings. The van der Waals surface area contributed by atoms with E-state index < -0.39 is 10.1 Å². The fraction of sp³-hybridized carbons (Fsp3) is 0.429. The molecular formula is C14H19NO3S. The average molecular weight is 281 g/mol. The van der Waals surface area contributed by atoms with Gasteiger partial charge in [0.25, 0.3) is 10.1 Å². The maximum Gasteiger partial charge on any atom is 0.265 e. The molecule has 0 aromatic heterocycles. The molecule has 104 valence electrons. The summed E-state index contributed by atoms with van der Waals surface area (Å²) in [6.07, 6.45) is 6.99. The summed E-state index contributed by atoms with van der Waals surface area (Å²) >= 11 is 0. The van der Waals surface area contributed by atoms with Crippen LogP contribution in [0.5, 0.6) is 0 Å². The lowest BCUT2D eigenvalue weighted by Gasteiger charge is -2.16. The fourth-order valence-corrected chi connectivity index (χ4v) is 2.86. The summed E-state index contributed by atoms with van der Waals surface area (Å²) in [4.78, 5) is 0. The minimum atomic E-state index is -3.92. The van der Waals surface area contributed by atoms with Crippen LogP contribution in [-0.2, 0) is 16.5 Å². The number of aryl methyl sites for hydroxylation is 1. The molecule has 0 aliphatic heterocycles. The van der Waals surface area contributed by atoms with Crippen molar-refractivity contribution in [1.29, 1.82) is 0 Å². The number of rotatable bonds is 4. The minimum absolute atomic E-state index is 0.255. The van der Waals surface area contributed by atoms with E-state index >= 15 is 0 Å². The van der Waals surface area contributed by atoms with Gasteiger partial charge in [-0.25, -0.2) is 0 Å². The first-order valence-corrected chi connectivity index (χ1v) is 8.09. The molecular weight excluding hydrogens is 262 g/mol. The van der Waals surface area contributed by atoms with Gasteiger partial charge in [-0.1, -0.05) is 12.1 Å². The molecule has 0 heterocycles. The van der Waals surface area contributed by atoms with Crippen LogP contribution in [-0.4, -0.2) is 18.7 Å². The van der Waals surface area contributed by atoms with Gasteiger partial charge in [0.1, 0.15) is 0 Å². The van der Waals surface area contributed by atoms with E-state index in [0.29, 0.717) is 6.42 Å². The smallest absolute Gasteiger partial charge is 0.265 e. The third kappa shape index (κ3) is 4.08. The van der Waals surface area contributed by atoms with Gasteiger partial charge in [0, 0.05) is 11.3 Å². The van der Waals surface area contributed by atoms with Crippen molar-refractivity contribution in [1.82, 2.24) is 0 Å². The van der Waals surface area contributed by atoms with Crippen molar-refractivity contribution in [3.63, 3.8) is 0 Å². The van der Waals surface area contributed by atoms with E-state index in [1.165, 1.54) is 18.4 Å². The number of anilines is 1. The van der Waals surface area contributed by atoms with Gasteiger partial charge >= 0.3 is 0 Å². The number of benzene rings is 1. The Hall–Kier alpha value is -1.33. The van der Waals surface area contributed by atoms with E-state index in [9.17, 15) is 8.42 Å². The van der Waals surface area contributed by atoms with Crippen LogP contribution in [0.4, 0.5) is 5.69 Å². The predicted molar refractivity (Wildman–Crippen MR) is 77.4 cm³/mol. The first kappa shape index (κ1) is 14.1. The first-order chi connectivity index (χ1) is 8.96. The molecule has 0 amide bonds. The minimum Gasteiger partial charge on any atom is -0.398 e. The molecule has 19 heavy (non-hydrogen) atoms. The zero-order valence-electron chi connectivity index (χ0n) is 10.8. The topological polar surface area (TPSA) is 80.4 Å². The maximum atomic E-state index is 10.8. The first-order valence-electron chi connectivity index (χ1n) is 6.49. The summed E-state index contributed by atoms with van der Waals surface area (Å²) in [5.41, 5.74) is 9.86. The summed E-state index contributed by atoms with van der Waals surface area (Å²) in [7, 11) is -3.92. The number of hydrogen-bond donors (Lipinski definition) is 2. The second-order valence-corrected chi connectivity index (χ2v) is 6.50. The van der Waals surface area contributed by atoms with Gasteiger partial charge in [-0.3, -0.25) is 4.55 Å². The molecule has 1 aromatic carbocycles. The Labute approximate surface area is 114 Å². The Morgan fingerprint density at radius 3 is 2.68 bits per heavy atom. The number of nitrogens with two attached hydrogens (primary N) is 1. The van der Waals surface area contributed by atoms with E-state index in [1.54, 1.807) is 0 Å². The molecule has 0 unspecified atom stereocenters.